The van der Waals surface area contributed by atoms with E-state index in [2.05, 4.69) is 12.1 Å². The van der Waals surface area contributed by atoms with Gasteiger partial charge >= 0.3 is 0 Å². The Morgan fingerprint density at radius 3 is 2.60 bits per heavy atom. The summed E-state index contributed by atoms with van der Waals surface area (Å²) >= 11 is 5.95. The van der Waals surface area contributed by atoms with E-state index in [0.717, 1.165) is 0 Å². The predicted octanol–water partition coefficient (Wildman–Crippen LogP) is 3.48. The molecule has 1 heterocycles. The minimum absolute atomic E-state index is 0. The Labute approximate surface area is 159 Å². The van der Waals surface area contributed by atoms with Crippen LogP contribution in [0.4, 0.5) is 0 Å². The van der Waals surface area contributed by atoms with Crippen LogP contribution in [0.2, 0.25) is 5.02 Å². The van der Waals surface area contributed by atoms with E-state index in [1.54, 1.807) is 36.1 Å². The molecule has 6 heteroatoms. The van der Waals surface area contributed by atoms with Crippen LogP contribution in [0.15, 0.2) is 54.6 Å². The van der Waals surface area contributed by atoms with E-state index in [1.807, 2.05) is 18.2 Å². The van der Waals surface area contributed by atoms with Crippen LogP contribution in [0.3, 0.4) is 0 Å². The molecule has 25 heavy (non-hydrogen) atoms. The highest BCUT2D eigenvalue weighted by molar-refractivity contribution is 6.30. The van der Waals surface area contributed by atoms with Crippen molar-refractivity contribution in [2.24, 2.45) is 5.73 Å². The normalized spacial score (nSPS) is 20.7. The van der Waals surface area contributed by atoms with Gasteiger partial charge in [0.1, 0.15) is 5.75 Å². The summed E-state index contributed by atoms with van der Waals surface area (Å²) in [5, 5.41) is 0.583. The van der Waals surface area contributed by atoms with Gasteiger partial charge in [0.2, 0.25) is 0 Å². The highest BCUT2D eigenvalue weighted by Gasteiger charge is 2.35. The first-order valence-corrected chi connectivity index (χ1v) is 8.44. The summed E-state index contributed by atoms with van der Waals surface area (Å²) in [4.78, 5) is 14.5. The van der Waals surface area contributed by atoms with Crippen LogP contribution in [-0.2, 0) is 4.79 Å². The van der Waals surface area contributed by atoms with E-state index in [9.17, 15) is 4.79 Å². The summed E-state index contributed by atoms with van der Waals surface area (Å²) in [6.45, 7) is 2.92. The van der Waals surface area contributed by atoms with E-state index in [0.29, 0.717) is 23.9 Å². The molecule has 2 aromatic rings. The fourth-order valence-electron chi connectivity index (χ4n) is 3.11. The van der Waals surface area contributed by atoms with E-state index >= 15 is 0 Å². The molecular weight excluding hydrogens is 359 g/mol. The zero-order valence-electron chi connectivity index (χ0n) is 14.0. The van der Waals surface area contributed by atoms with E-state index in [4.69, 9.17) is 22.1 Å². The monoisotopic (exact) mass is 380 g/mol. The molecule has 3 atom stereocenters. The smallest absolute Gasteiger partial charge is 0.263 e. The molecular formula is C19H22Cl2N2O2. The third-order valence-electron chi connectivity index (χ3n) is 4.36. The first-order valence-electron chi connectivity index (χ1n) is 8.06. The number of ether oxygens (including phenoxy) is 1. The molecule has 1 amide bonds. The number of carbonyl (C=O) groups excluding carboxylic acids is 1. The van der Waals surface area contributed by atoms with Crippen molar-refractivity contribution in [1.29, 1.82) is 0 Å². The van der Waals surface area contributed by atoms with Crippen molar-refractivity contribution < 1.29 is 9.53 Å². The molecule has 4 nitrogen and oxygen atoms in total. The number of rotatable bonds is 4. The number of amides is 1. The summed E-state index contributed by atoms with van der Waals surface area (Å²) in [6, 6.07) is 17.1. The Hall–Kier alpha value is -1.75. The van der Waals surface area contributed by atoms with Crippen molar-refractivity contribution in [2.75, 3.05) is 13.1 Å². The second kappa shape index (κ2) is 8.56. The maximum absolute atomic E-state index is 12.7. The Morgan fingerprint density at radius 2 is 1.92 bits per heavy atom. The minimum Gasteiger partial charge on any atom is -0.481 e. The Morgan fingerprint density at radius 1 is 1.20 bits per heavy atom. The van der Waals surface area contributed by atoms with Crippen LogP contribution in [0.5, 0.6) is 5.75 Å². The average Bonchev–Trinajstić information content (AvgIpc) is 2.96. The number of halogens is 2. The molecule has 2 N–H and O–H groups in total. The molecule has 1 saturated heterocycles. The summed E-state index contributed by atoms with van der Waals surface area (Å²) in [6.07, 6.45) is -0.579. The van der Waals surface area contributed by atoms with Gasteiger partial charge in [0.25, 0.3) is 5.91 Å². The molecule has 1 fully saturated rings. The molecule has 0 saturated carbocycles. The molecule has 0 aromatic heterocycles. The largest absolute Gasteiger partial charge is 0.481 e. The van der Waals surface area contributed by atoms with Crippen LogP contribution < -0.4 is 10.5 Å². The van der Waals surface area contributed by atoms with Crippen LogP contribution in [0.1, 0.15) is 18.4 Å². The average molecular weight is 381 g/mol. The quantitative estimate of drug-likeness (QED) is 0.882. The maximum atomic E-state index is 12.7. The number of hydrogen-bond acceptors (Lipinski definition) is 3. The molecule has 134 valence electrons. The SMILES string of the molecule is CC(Oc1cccc(Cl)c1)C(=O)N1C[C@@H](N)[C@H](c2ccccc2)C1.Cl. The van der Waals surface area contributed by atoms with Crippen molar-refractivity contribution in [3.63, 3.8) is 0 Å². The van der Waals surface area contributed by atoms with Gasteiger partial charge < -0.3 is 15.4 Å². The van der Waals surface area contributed by atoms with Crippen molar-refractivity contribution in [3.05, 3.63) is 65.2 Å². The number of benzene rings is 2. The Balaban J connectivity index is 0.00000225. The third-order valence-corrected chi connectivity index (χ3v) is 4.60. The van der Waals surface area contributed by atoms with E-state index in [-0.39, 0.29) is 30.3 Å². The van der Waals surface area contributed by atoms with Crippen molar-refractivity contribution in [3.8, 4) is 5.75 Å². The number of hydrogen-bond donors (Lipinski definition) is 1. The van der Waals surface area contributed by atoms with Gasteiger partial charge in [0.15, 0.2) is 6.10 Å². The van der Waals surface area contributed by atoms with Crippen LogP contribution in [0.25, 0.3) is 0 Å². The van der Waals surface area contributed by atoms with Crippen LogP contribution in [-0.4, -0.2) is 36.0 Å². The van der Waals surface area contributed by atoms with Gasteiger partial charge in [-0.25, -0.2) is 0 Å². The Kier molecular flexibility index (Phi) is 6.71. The lowest BCUT2D eigenvalue weighted by molar-refractivity contribution is -0.136. The second-order valence-electron chi connectivity index (χ2n) is 6.14. The molecule has 1 unspecified atom stereocenters. The fourth-order valence-corrected chi connectivity index (χ4v) is 3.29. The van der Waals surface area contributed by atoms with Gasteiger partial charge in [-0.2, -0.15) is 0 Å². The number of nitrogens with zero attached hydrogens (tertiary/aromatic N) is 1. The van der Waals surface area contributed by atoms with Gasteiger partial charge in [0.05, 0.1) is 0 Å². The first-order chi connectivity index (χ1) is 11.5. The van der Waals surface area contributed by atoms with E-state index < -0.39 is 6.10 Å². The molecule has 1 aliphatic rings. The summed E-state index contributed by atoms with van der Waals surface area (Å²) in [7, 11) is 0. The highest BCUT2D eigenvalue weighted by atomic mass is 35.5. The van der Waals surface area contributed by atoms with Crippen LogP contribution >= 0.6 is 24.0 Å². The van der Waals surface area contributed by atoms with Gasteiger partial charge in [-0.15, -0.1) is 12.4 Å². The first kappa shape index (κ1) is 19.6. The lowest BCUT2D eigenvalue weighted by atomic mass is 9.95. The zero-order valence-corrected chi connectivity index (χ0v) is 15.5. The molecule has 0 bridgehead atoms. The Bertz CT molecular complexity index is 712. The van der Waals surface area contributed by atoms with Gasteiger partial charge in [-0.3, -0.25) is 4.79 Å². The van der Waals surface area contributed by atoms with Crippen molar-refractivity contribution >= 4 is 29.9 Å². The van der Waals surface area contributed by atoms with Gasteiger partial charge in [-0.05, 0) is 30.7 Å². The predicted molar refractivity (Wildman–Crippen MR) is 103 cm³/mol. The molecule has 2 aromatic carbocycles. The lowest BCUT2D eigenvalue weighted by Gasteiger charge is -2.22. The van der Waals surface area contributed by atoms with Crippen molar-refractivity contribution in [2.45, 2.75) is 25.0 Å². The second-order valence-corrected chi connectivity index (χ2v) is 6.58. The maximum Gasteiger partial charge on any atom is 0.263 e. The summed E-state index contributed by atoms with van der Waals surface area (Å²) < 4.78 is 5.73. The lowest BCUT2D eigenvalue weighted by Crippen LogP contribution is -2.40. The topological polar surface area (TPSA) is 55.6 Å². The standard InChI is InChI=1S/C19H21ClN2O2.ClH/c1-13(24-16-9-5-8-15(20)10-16)19(23)22-11-17(18(21)12-22)14-6-3-2-4-7-14;/h2-10,13,17-18H,11-12,21H2,1H3;1H/t13?,17-,18+;/m0./s1. The number of carbonyl (C=O) groups is 1. The number of likely N-dealkylation sites (tertiary alicyclic amines) is 1. The number of nitrogens with two attached hydrogens (primary N) is 1. The van der Waals surface area contributed by atoms with Gasteiger partial charge in [0, 0.05) is 30.1 Å². The molecule has 1 aliphatic heterocycles. The third kappa shape index (κ3) is 4.66. The molecule has 0 spiro atoms. The molecule has 3 rings (SSSR count). The zero-order chi connectivity index (χ0) is 17.1. The van der Waals surface area contributed by atoms with Crippen molar-refractivity contribution in [1.82, 2.24) is 4.90 Å². The summed E-state index contributed by atoms with van der Waals surface area (Å²) in [5.41, 5.74) is 7.43. The summed E-state index contributed by atoms with van der Waals surface area (Å²) in [5.74, 6) is 0.698. The molecule has 0 aliphatic carbocycles. The van der Waals surface area contributed by atoms with E-state index in [1.165, 1.54) is 5.56 Å². The molecule has 0 radical (unpaired) electrons. The fraction of sp³-hybridized carbons (Fsp3) is 0.316. The minimum atomic E-state index is -0.579. The highest BCUT2D eigenvalue weighted by Crippen LogP contribution is 2.27. The van der Waals surface area contributed by atoms with Gasteiger partial charge in [-0.1, -0.05) is 48.0 Å². The van der Waals surface area contributed by atoms with Crippen LogP contribution in [0, 0.1) is 0 Å².